The first-order valence-corrected chi connectivity index (χ1v) is 5.21. The molecule has 1 amide bonds. The molecule has 86 valence electrons. The van der Waals surface area contributed by atoms with Gasteiger partial charge in [0.25, 0.3) is 0 Å². The number of carboxylic acids is 1. The molecule has 0 saturated carbocycles. The van der Waals surface area contributed by atoms with Gasteiger partial charge in [0.15, 0.2) is 0 Å². The van der Waals surface area contributed by atoms with Crippen molar-refractivity contribution >= 4 is 33.5 Å². The Morgan fingerprint density at radius 3 is 2.56 bits per heavy atom. The molecule has 16 heavy (non-hydrogen) atoms. The standard InChI is InChI=1S/C10H10BrNO4/c1-5(13)12-10-6(4-9(15)16)7(11)2-3-8(10)14/h2-3,14H,4H2,1H3,(H,12,13)(H,15,16). The van der Waals surface area contributed by atoms with E-state index in [-0.39, 0.29) is 23.8 Å². The molecule has 1 aromatic carbocycles. The van der Waals surface area contributed by atoms with Gasteiger partial charge in [0, 0.05) is 17.0 Å². The van der Waals surface area contributed by atoms with Gasteiger partial charge in [0.1, 0.15) is 5.75 Å². The first-order valence-electron chi connectivity index (χ1n) is 4.41. The summed E-state index contributed by atoms with van der Waals surface area (Å²) in [6.07, 6.45) is -0.287. The summed E-state index contributed by atoms with van der Waals surface area (Å²) in [7, 11) is 0. The molecule has 0 aliphatic heterocycles. The number of benzene rings is 1. The molecule has 0 atom stereocenters. The number of nitrogens with one attached hydrogen (secondary N) is 1. The quantitative estimate of drug-likeness (QED) is 0.739. The van der Waals surface area contributed by atoms with Crippen molar-refractivity contribution in [2.24, 2.45) is 0 Å². The van der Waals surface area contributed by atoms with Crippen LogP contribution in [0.5, 0.6) is 5.75 Å². The SMILES string of the molecule is CC(=O)Nc1c(O)ccc(Br)c1CC(=O)O. The summed E-state index contributed by atoms with van der Waals surface area (Å²) in [6, 6.07) is 2.90. The molecule has 0 aliphatic rings. The molecule has 0 fully saturated rings. The third-order valence-electron chi connectivity index (χ3n) is 1.86. The molecule has 0 radical (unpaired) electrons. The van der Waals surface area contributed by atoms with Crippen LogP contribution in [-0.4, -0.2) is 22.1 Å². The van der Waals surface area contributed by atoms with Gasteiger partial charge in [0.05, 0.1) is 12.1 Å². The zero-order valence-corrected chi connectivity index (χ0v) is 10.0. The molecule has 0 heterocycles. The lowest BCUT2D eigenvalue weighted by Crippen LogP contribution is -2.11. The number of phenols is 1. The van der Waals surface area contributed by atoms with Crippen molar-refractivity contribution in [1.82, 2.24) is 0 Å². The Hall–Kier alpha value is -1.56. The Morgan fingerprint density at radius 1 is 1.44 bits per heavy atom. The maximum absolute atomic E-state index is 10.9. The van der Waals surface area contributed by atoms with Crippen LogP contribution in [-0.2, 0) is 16.0 Å². The van der Waals surface area contributed by atoms with Gasteiger partial charge in [-0.3, -0.25) is 9.59 Å². The topological polar surface area (TPSA) is 86.6 Å². The van der Waals surface area contributed by atoms with Gasteiger partial charge in [-0.05, 0) is 12.1 Å². The van der Waals surface area contributed by atoms with Gasteiger partial charge < -0.3 is 15.5 Å². The minimum atomic E-state index is -1.04. The number of anilines is 1. The molecule has 0 bridgehead atoms. The third kappa shape index (κ3) is 2.96. The number of rotatable bonds is 3. The lowest BCUT2D eigenvalue weighted by atomic mass is 10.1. The van der Waals surface area contributed by atoms with Crippen LogP contribution < -0.4 is 5.32 Å². The van der Waals surface area contributed by atoms with E-state index in [0.717, 1.165) is 0 Å². The van der Waals surface area contributed by atoms with Crippen molar-refractivity contribution in [3.05, 3.63) is 22.2 Å². The van der Waals surface area contributed by atoms with Crippen molar-refractivity contribution in [3.63, 3.8) is 0 Å². The summed E-state index contributed by atoms with van der Waals surface area (Å²) < 4.78 is 0.524. The normalized spacial score (nSPS) is 9.88. The number of aliphatic carboxylic acids is 1. The van der Waals surface area contributed by atoms with Gasteiger partial charge in [-0.1, -0.05) is 15.9 Å². The number of amides is 1. The van der Waals surface area contributed by atoms with Gasteiger partial charge in [-0.2, -0.15) is 0 Å². The van der Waals surface area contributed by atoms with Gasteiger partial charge in [-0.25, -0.2) is 0 Å². The second kappa shape index (κ2) is 4.98. The Kier molecular flexibility index (Phi) is 3.89. The average molecular weight is 288 g/mol. The van der Waals surface area contributed by atoms with Crippen LogP contribution in [0.2, 0.25) is 0 Å². The minimum absolute atomic E-state index is 0.129. The van der Waals surface area contributed by atoms with Crippen LogP contribution in [0, 0.1) is 0 Å². The predicted molar refractivity (Wildman–Crippen MR) is 61.5 cm³/mol. The van der Waals surface area contributed by atoms with E-state index in [1.165, 1.54) is 19.1 Å². The summed E-state index contributed by atoms with van der Waals surface area (Å²) in [4.78, 5) is 21.6. The molecule has 0 aromatic heterocycles. The maximum Gasteiger partial charge on any atom is 0.307 e. The predicted octanol–water partition coefficient (Wildman–Crippen LogP) is 1.74. The number of carboxylic acid groups (broad SMARTS) is 1. The van der Waals surface area contributed by atoms with Gasteiger partial charge >= 0.3 is 5.97 Å². The molecule has 1 rings (SSSR count). The fourth-order valence-corrected chi connectivity index (χ4v) is 1.72. The van der Waals surface area contributed by atoms with E-state index in [4.69, 9.17) is 5.11 Å². The molecule has 1 aromatic rings. The summed E-state index contributed by atoms with van der Waals surface area (Å²) in [5, 5.41) is 20.7. The minimum Gasteiger partial charge on any atom is -0.506 e. The number of aromatic hydroxyl groups is 1. The molecule has 3 N–H and O–H groups in total. The van der Waals surface area contributed by atoms with E-state index < -0.39 is 5.97 Å². The highest BCUT2D eigenvalue weighted by molar-refractivity contribution is 9.10. The van der Waals surface area contributed by atoms with Crippen molar-refractivity contribution < 1.29 is 19.8 Å². The Bertz CT molecular complexity index is 404. The van der Waals surface area contributed by atoms with E-state index in [1.807, 2.05) is 0 Å². The number of carbonyl (C=O) groups excluding carboxylic acids is 1. The van der Waals surface area contributed by atoms with Crippen molar-refractivity contribution in [3.8, 4) is 5.75 Å². The molecule has 0 spiro atoms. The zero-order chi connectivity index (χ0) is 12.3. The molecule has 5 nitrogen and oxygen atoms in total. The second-order valence-corrected chi connectivity index (χ2v) is 4.03. The smallest absolute Gasteiger partial charge is 0.307 e. The van der Waals surface area contributed by atoms with Crippen molar-refractivity contribution in [2.45, 2.75) is 13.3 Å². The van der Waals surface area contributed by atoms with Gasteiger partial charge in [0.2, 0.25) is 5.91 Å². The van der Waals surface area contributed by atoms with Crippen molar-refractivity contribution in [1.29, 1.82) is 0 Å². The van der Waals surface area contributed by atoms with Crippen LogP contribution in [0.15, 0.2) is 16.6 Å². The summed E-state index contributed by atoms with van der Waals surface area (Å²) in [6.45, 7) is 1.28. The largest absolute Gasteiger partial charge is 0.506 e. The number of halogens is 1. The van der Waals surface area contributed by atoms with E-state index in [0.29, 0.717) is 10.0 Å². The Morgan fingerprint density at radius 2 is 2.06 bits per heavy atom. The average Bonchev–Trinajstić information content (AvgIpc) is 2.16. The monoisotopic (exact) mass is 287 g/mol. The first-order chi connectivity index (χ1) is 7.41. The molecule has 6 heteroatoms. The Labute approximate surface area is 100 Å². The van der Waals surface area contributed by atoms with Gasteiger partial charge in [-0.15, -0.1) is 0 Å². The maximum atomic E-state index is 10.9. The molecule has 0 aliphatic carbocycles. The van der Waals surface area contributed by atoms with E-state index in [2.05, 4.69) is 21.2 Å². The van der Waals surface area contributed by atoms with Crippen LogP contribution in [0.25, 0.3) is 0 Å². The van der Waals surface area contributed by atoms with Crippen LogP contribution >= 0.6 is 15.9 Å². The van der Waals surface area contributed by atoms with E-state index in [1.54, 1.807) is 0 Å². The lowest BCUT2D eigenvalue weighted by molar-refractivity contribution is -0.136. The van der Waals surface area contributed by atoms with E-state index in [9.17, 15) is 14.7 Å². The summed E-state index contributed by atoms with van der Waals surface area (Å²) in [5.74, 6) is -1.58. The lowest BCUT2D eigenvalue weighted by Gasteiger charge is -2.12. The summed E-state index contributed by atoms with van der Waals surface area (Å²) in [5.41, 5.74) is 0.465. The molecular weight excluding hydrogens is 278 g/mol. The summed E-state index contributed by atoms with van der Waals surface area (Å²) >= 11 is 3.17. The Balaban J connectivity index is 3.24. The second-order valence-electron chi connectivity index (χ2n) is 3.17. The molecule has 0 unspecified atom stereocenters. The fourth-order valence-electron chi connectivity index (χ4n) is 1.25. The van der Waals surface area contributed by atoms with Crippen molar-refractivity contribution in [2.75, 3.05) is 5.32 Å². The zero-order valence-electron chi connectivity index (χ0n) is 8.45. The first kappa shape index (κ1) is 12.5. The van der Waals surface area contributed by atoms with E-state index >= 15 is 0 Å². The fraction of sp³-hybridized carbons (Fsp3) is 0.200. The van der Waals surface area contributed by atoms with Crippen LogP contribution in [0.4, 0.5) is 5.69 Å². The molecule has 0 saturated heterocycles. The third-order valence-corrected chi connectivity index (χ3v) is 2.61. The highest BCUT2D eigenvalue weighted by Crippen LogP contribution is 2.33. The number of hydrogen-bond donors (Lipinski definition) is 3. The highest BCUT2D eigenvalue weighted by atomic mass is 79.9. The number of hydrogen-bond acceptors (Lipinski definition) is 3. The van der Waals surface area contributed by atoms with Crippen LogP contribution in [0.1, 0.15) is 12.5 Å². The number of carbonyl (C=O) groups is 2. The van der Waals surface area contributed by atoms with Crippen LogP contribution in [0.3, 0.4) is 0 Å². The highest BCUT2D eigenvalue weighted by Gasteiger charge is 2.15. The number of phenolic OH excluding ortho intramolecular Hbond substituents is 1. The molecular formula is C10H10BrNO4.